The van der Waals surface area contributed by atoms with E-state index in [1.54, 1.807) is 12.1 Å². The number of thiophene rings is 1. The van der Waals surface area contributed by atoms with Crippen molar-refractivity contribution in [1.29, 1.82) is 0 Å². The molecule has 0 aliphatic carbocycles. The molecule has 3 rings (SSSR count). The van der Waals surface area contributed by atoms with E-state index in [-0.39, 0.29) is 23.3 Å². The number of ether oxygens (including phenoxy) is 1. The number of fused-ring (bicyclic) bond motifs is 1. The fraction of sp³-hybridized carbons (Fsp3) is 0.158. The minimum Gasteiger partial charge on any atom is -0.451 e. The molecule has 1 heterocycles. The number of hydrogen-bond donors (Lipinski definition) is 1. The number of nitrogens with one attached hydrogen (secondary N) is 1. The molecule has 1 amide bonds. The van der Waals surface area contributed by atoms with Gasteiger partial charge in [-0.05, 0) is 30.7 Å². The highest BCUT2D eigenvalue weighted by Gasteiger charge is 2.16. The summed E-state index contributed by atoms with van der Waals surface area (Å²) in [5.74, 6) is -1.41. The van der Waals surface area contributed by atoms with Gasteiger partial charge in [0.15, 0.2) is 6.61 Å². The van der Waals surface area contributed by atoms with Crippen LogP contribution in [0.4, 0.5) is 4.39 Å². The van der Waals surface area contributed by atoms with Crippen LogP contribution in [0, 0.1) is 5.82 Å². The molecular weight excluding hydrogens is 341 g/mol. The van der Waals surface area contributed by atoms with Gasteiger partial charge in [-0.2, -0.15) is 0 Å². The highest BCUT2D eigenvalue weighted by molar-refractivity contribution is 7.20. The SMILES string of the molecule is C[C@@H](NC(=O)COC(=O)c1cc2c(F)cccc2s1)c1ccccc1. The third-order valence-electron chi connectivity index (χ3n) is 3.72. The number of halogens is 1. The van der Waals surface area contributed by atoms with Crippen molar-refractivity contribution in [3.05, 3.63) is 70.9 Å². The van der Waals surface area contributed by atoms with Crippen LogP contribution >= 0.6 is 11.3 Å². The van der Waals surface area contributed by atoms with Crippen LogP contribution < -0.4 is 5.32 Å². The first-order valence-corrected chi connectivity index (χ1v) is 8.56. The maximum Gasteiger partial charge on any atom is 0.348 e. The number of carbonyl (C=O) groups excluding carboxylic acids is 2. The van der Waals surface area contributed by atoms with Crippen LogP contribution in [0.5, 0.6) is 0 Å². The Morgan fingerprint density at radius 3 is 2.64 bits per heavy atom. The Hall–Kier alpha value is -2.73. The molecule has 128 valence electrons. The molecule has 0 radical (unpaired) electrons. The van der Waals surface area contributed by atoms with E-state index in [2.05, 4.69) is 5.32 Å². The van der Waals surface area contributed by atoms with E-state index in [0.717, 1.165) is 16.9 Å². The number of hydrogen-bond acceptors (Lipinski definition) is 4. The molecule has 4 nitrogen and oxygen atoms in total. The van der Waals surface area contributed by atoms with E-state index in [9.17, 15) is 14.0 Å². The molecule has 0 fully saturated rings. The molecule has 1 N–H and O–H groups in total. The lowest BCUT2D eigenvalue weighted by molar-refractivity contribution is -0.124. The molecule has 3 aromatic rings. The van der Waals surface area contributed by atoms with Crippen LogP contribution in [0.25, 0.3) is 10.1 Å². The molecule has 0 unspecified atom stereocenters. The van der Waals surface area contributed by atoms with Crippen molar-refractivity contribution in [2.24, 2.45) is 0 Å². The number of benzene rings is 2. The molecule has 25 heavy (non-hydrogen) atoms. The normalized spacial score (nSPS) is 11.9. The molecule has 0 saturated carbocycles. The van der Waals surface area contributed by atoms with Gasteiger partial charge < -0.3 is 10.1 Å². The highest BCUT2D eigenvalue weighted by atomic mass is 32.1. The first kappa shape index (κ1) is 17.1. The van der Waals surface area contributed by atoms with Crippen LogP contribution in [0.3, 0.4) is 0 Å². The highest BCUT2D eigenvalue weighted by Crippen LogP contribution is 2.28. The standard InChI is InChI=1S/C19H16FNO3S/c1-12(13-6-3-2-4-7-13)21-18(22)11-24-19(23)17-10-14-15(20)8-5-9-16(14)25-17/h2-10,12H,11H2,1H3,(H,21,22)/t12-/m1/s1. The van der Waals surface area contributed by atoms with E-state index < -0.39 is 11.9 Å². The molecule has 1 aromatic heterocycles. The molecule has 0 spiro atoms. The number of rotatable bonds is 5. The Labute approximate surface area is 148 Å². The molecule has 0 aliphatic heterocycles. The van der Waals surface area contributed by atoms with Crippen molar-refractivity contribution in [3.63, 3.8) is 0 Å². The summed E-state index contributed by atoms with van der Waals surface area (Å²) < 4.78 is 19.4. The number of carbonyl (C=O) groups is 2. The lowest BCUT2D eigenvalue weighted by atomic mass is 10.1. The first-order valence-electron chi connectivity index (χ1n) is 7.74. The third kappa shape index (κ3) is 4.03. The van der Waals surface area contributed by atoms with Gasteiger partial charge in [0, 0.05) is 10.1 Å². The molecule has 0 bridgehead atoms. The zero-order valence-corrected chi connectivity index (χ0v) is 14.3. The van der Waals surface area contributed by atoms with E-state index in [4.69, 9.17) is 4.74 Å². The van der Waals surface area contributed by atoms with Crippen molar-refractivity contribution < 1.29 is 18.7 Å². The zero-order valence-electron chi connectivity index (χ0n) is 13.5. The van der Waals surface area contributed by atoms with Gasteiger partial charge in [0.2, 0.25) is 0 Å². The minimum absolute atomic E-state index is 0.189. The Kier molecular flexibility index (Phi) is 5.09. The van der Waals surface area contributed by atoms with Gasteiger partial charge in [-0.25, -0.2) is 9.18 Å². The van der Waals surface area contributed by atoms with Crippen LogP contribution in [0.15, 0.2) is 54.6 Å². The Bertz CT molecular complexity index is 907. The molecule has 2 aromatic carbocycles. The Morgan fingerprint density at radius 2 is 1.92 bits per heavy atom. The van der Waals surface area contributed by atoms with Crippen LogP contribution in [-0.2, 0) is 9.53 Å². The van der Waals surface area contributed by atoms with Gasteiger partial charge in [-0.1, -0.05) is 36.4 Å². The van der Waals surface area contributed by atoms with Crippen LogP contribution in [-0.4, -0.2) is 18.5 Å². The topological polar surface area (TPSA) is 55.4 Å². The minimum atomic E-state index is -0.636. The van der Waals surface area contributed by atoms with Crippen molar-refractivity contribution >= 4 is 33.3 Å². The summed E-state index contributed by atoms with van der Waals surface area (Å²) in [4.78, 5) is 24.3. The summed E-state index contributed by atoms with van der Waals surface area (Å²) in [6.07, 6.45) is 0. The fourth-order valence-electron chi connectivity index (χ4n) is 2.44. The molecule has 0 saturated heterocycles. The second kappa shape index (κ2) is 7.44. The van der Waals surface area contributed by atoms with Crippen molar-refractivity contribution in [3.8, 4) is 0 Å². The molecular formula is C19H16FNO3S. The van der Waals surface area contributed by atoms with Crippen molar-refractivity contribution in [2.45, 2.75) is 13.0 Å². The first-order chi connectivity index (χ1) is 12.0. The Balaban J connectivity index is 1.58. The van der Waals surface area contributed by atoms with Crippen molar-refractivity contribution in [1.82, 2.24) is 5.32 Å². The summed E-state index contributed by atoms with van der Waals surface area (Å²) in [6.45, 7) is 1.47. The predicted molar refractivity (Wildman–Crippen MR) is 95.1 cm³/mol. The second-order valence-corrected chi connectivity index (χ2v) is 6.62. The lowest BCUT2D eigenvalue weighted by Crippen LogP contribution is -2.31. The van der Waals surface area contributed by atoms with Gasteiger partial charge in [0.1, 0.15) is 10.7 Å². The average molecular weight is 357 g/mol. The largest absolute Gasteiger partial charge is 0.451 e. The van der Waals surface area contributed by atoms with E-state index >= 15 is 0 Å². The number of amides is 1. The summed E-state index contributed by atoms with van der Waals surface area (Å²) in [5.41, 5.74) is 0.960. The monoisotopic (exact) mass is 357 g/mol. The summed E-state index contributed by atoms with van der Waals surface area (Å²) in [5, 5.41) is 3.14. The van der Waals surface area contributed by atoms with E-state index in [1.165, 1.54) is 12.1 Å². The Morgan fingerprint density at radius 1 is 1.16 bits per heavy atom. The van der Waals surface area contributed by atoms with Crippen LogP contribution in [0.1, 0.15) is 28.2 Å². The van der Waals surface area contributed by atoms with Crippen LogP contribution in [0.2, 0.25) is 0 Å². The smallest absolute Gasteiger partial charge is 0.348 e. The predicted octanol–water partition coefficient (Wildman–Crippen LogP) is 4.07. The average Bonchev–Trinajstić information content (AvgIpc) is 3.06. The van der Waals surface area contributed by atoms with Crippen molar-refractivity contribution in [2.75, 3.05) is 6.61 Å². The molecule has 6 heteroatoms. The second-order valence-electron chi connectivity index (χ2n) is 5.54. The third-order valence-corrected chi connectivity index (χ3v) is 4.80. The number of esters is 1. The molecule has 0 aliphatic rings. The van der Waals surface area contributed by atoms with Gasteiger partial charge in [0.05, 0.1) is 6.04 Å². The molecule has 1 atom stereocenters. The summed E-state index contributed by atoms with van der Waals surface area (Å²) >= 11 is 1.14. The maximum absolute atomic E-state index is 13.7. The maximum atomic E-state index is 13.7. The lowest BCUT2D eigenvalue weighted by Gasteiger charge is -2.14. The van der Waals surface area contributed by atoms with Gasteiger partial charge in [0.25, 0.3) is 5.91 Å². The fourth-order valence-corrected chi connectivity index (χ4v) is 3.41. The summed E-state index contributed by atoms with van der Waals surface area (Å²) in [6, 6.07) is 15.4. The zero-order chi connectivity index (χ0) is 17.8. The van der Waals surface area contributed by atoms with Gasteiger partial charge in [-0.3, -0.25) is 4.79 Å². The quantitative estimate of drug-likeness (QED) is 0.700. The van der Waals surface area contributed by atoms with Gasteiger partial charge >= 0.3 is 5.97 Å². The van der Waals surface area contributed by atoms with Gasteiger partial charge in [-0.15, -0.1) is 11.3 Å². The van der Waals surface area contributed by atoms with E-state index in [0.29, 0.717) is 10.1 Å². The summed E-state index contributed by atoms with van der Waals surface area (Å²) in [7, 11) is 0. The van der Waals surface area contributed by atoms with E-state index in [1.807, 2.05) is 37.3 Å².